The summed E-state index contributed by atoms with van der Waals surface area (Å²) in [5.41, 5.74) is 4.41. The van der Waals surface area contributed by atoms with Gasteiger partial charge in [0.1, 0.15) is 11.5 Å². The highest BCUT2D eigenvalue weighted by Gasteiger charge is 2.21. The number of carbonyl (C=O) groups is 1. The molecule has 1 fully saturated rings. The van der Waals surface area contributed by atoms with Gasteiger partial charge in [-0.25, -0.2) is 9.97 Å². The smallest absolute Gasteiger partial charge is 0.274 e. The topological polar surface area (TPSA) is 52.6 Å². The molecule has 0 spiro atoms. The van der Waals surface area contributed by atoms with Crippen LogP contribution >= 0.6 is 0 Å². The maximum Gasteiger partial charge on any atom is 0.274 e. The minimum Gasteiger partial charge on any atom is -0.368 e. The average molecular weight is 367 g/mol. The highest BCUT2D eigenvalue weighted by atomic mass is 16.2. The van der Waals surface area contributed by atoms with Crippen molar-refractivity contribution in [2.24, 2.45) is 0 Å². The molecular formula is C21H29N5O. The number of nitrogens with zero attached hydrogens (tertiary/aromatic N) is 5. The first kappa shape index (κ1) is 19.1. The Morgan fingerprint density at radius 3 is 2.26 bits per heavy atom. The van der Waals surface area contributed by atoms with Gasteiger partial charge in [-0.3, -0.25) is 4.79 Å². The van der Waals surface area contributed by atoms with Crippen LogP contribution in [-0.4, -0.2) is 60.0 Å². The molecule has 3 rings (SSSR count). The molecule has 144 valence electrons. The lowest BCUT2D eigenvalue weighted by molar-refractivity contribution is 0.0766. The summed E-state index contributed by atoms with van der Waals surface area (Å²) in [5.74, 6) is 0.783. The van der Waals surface area contributed by atoms with Crippen molar-refractivity contribution < 1.29 is 4.79 Å². The third kappa shape index (κ3) is 4.04. The first-order valence-electron chi connectivity index (χ1n) is 9.72. The Labute approximate surface area is 161 Å². The van der Waals surface area contributed by atoms with E-state index in [1.54, 1.807) is 17.3 Å². The number of aromatic nitrogens is 2. The summed E-state index contributed by atoms with van der Waals surface area (Å²) in [6.07, 6.45) is 3.33. The predicted octanol–water partition coefficient (Wildman–Crippen LogP) is 2.90. The Morgan fingerprint density at radius 2 is 1.67 bits per heavy atom. The molecule has 2 heterocycles. The molecule has 0 atom stereocenters. The Bertz CT molecular complexity index is 778. The van der Waals surface area contributed by atoms with E-state index in [1.807, 2.05) is 13.8 Å². The molecule has 1 aliphatic heterocycles. The van der Waals surface area contributed by atoms with Crippen LogP contribution < -0.4 is 9.80 Å². The summed E-state index contributed by atoms with van der Waals surface area (Å²) in [6.45, 7) is 13.3. The minimum atomic E-state index is -0.0567. The molecule has 0 saturated carbocycles. The van der Waals surface area contributed by atoms with Gasteiger partial charge in [0.05, 0.1) is 12.4 Å². The lowest BCUT2D eigenvalue weighted by atomic mass is 10.1. The SMILES string of the molecule is CCN(CC)C(=O)c1cnc(N2CCN(c3cccc(C)c3C)CC2)cn1. The van der Waals surface area contributed by atoms with Gasteiger partial charge in [0.25, 0.3) is 5.91 Å². The fourth-order valence-corrected chi connectivity index (χ4v) is 3.52. The Hall–Kier alpha value is -2.63. The second kappa shape index (κ2) is 8.37. The first-order valence-corrected chi connectivity index (χ1v) is 9.72. The van der Waals surface area contributed by atoms with E-state index >= 15 is 0 Å². The Balaban J connectivity index is 1.64. The molecule has 0 radical (unpaired) electrons. The highest BCUT2D eigenvalue weighted by molar-refractivity contribution is 5.92. The molecule has 0 unspecified atom stereocenters. The average Bonchev–Trinajstić information content (AvgIpc) is 2.71. The van der Waals surface area contributed by atoms with Gasteiger partial charge in [-0.1, -0.05) is 12.1 Å². The van der Waals surface area contributed by atoms with Crippen molar-refractivity contribution in [3.05, 3.63) is 47.4 Å². The largest absolute Gasteiger partial charge is 0.368 e. The van der Waals surface area contributed by atoms with Crippen LogP contribution in [0.15, 0.2) is 30.6 Å². The van der Waals surface area contributed by atoms with Gasteiger partial charge in [0.2, 0.25) is 0 Å². The van der Waals surface area contributed by atoms with Crippen molar-refractivity contribution in [3.8, 4) is 0 Å². The zero-order valence-electron chi connectivity index (χ0n) is 16.8. The third-order valence-electron chi connectivity index (χ3n) is 5.43. The monoisotopic (exact) mass is 367 g/mol. The number of carbonyl (C=O) groups excluding carboxylic acids is 1. The van der Waals surface area contributed by atoms with Crippen LogP contribution in [0.25, 0.3) is 0 Å². The number of piperazine rings is 1. The second-order valence-electron chi connectivity index (χ2n) is 6.93. The molecule has 6 heteroatoms. The maximum atomic E-state index is 12.4. The summed E-state index contributed by atoms with van der Waals surface area (Å²) < 4.78 is 0. The lowest BCUT2D eigenvalue weighted by Gasteiger charge is -2.37. The van der Waals surface area contributed by atoms with E-state index in [0.717, 1.165) is 32.0 Å². The molecule has 0 N–H and O–H groups in total. The van der Waals surface area contributed by atoms with Crippen LogP contribution in [0.5, 0.6) is 0 Å². The molecule has 27 heavy (non-hydrogen) atoms. The van der Waals surface area contributed by atoms with Gasteiger partial charge in [-0.15, -0.1) is 0 Å². The van der Waals surface area contributed by atoms with Gasteiger partial charge in [0, 0.05) is 45.0 Å². The van der Waals surface area contributed by atoms with Gasteiger partial charge >= 0.3 is 0 Å². The van der Waals surface area contributed by atoms with Gasteiger partial charge in [-0.05, 0) is 44.9 Å². The second-order valence-corrected chi connectivity index (χ2v) is 6.93. The number of hydrogen-bond donors (Lipinski definition) is 0. The standard InChI is InChI=1S/C21H29N5O/c1-5-24(6-2)21(27)18-14-23-20(15-22-18)26-12-10-25(11-13-26)19-9-7-8-16(3)17(19)4/h7-9,14-15H,5-6,10-13H2,1-4H3. The number of hydrogen-bond acceptors (Lipinski definition) is 5. The Morgan fingerprint density at radius 1 is 1.00 bits per heavy atom. The molecule has 6 nitrogen and oxygen atoms in total. The fourth-order valence-electron chi connectivity index (χ4n) is 3.52. The van der Waals surface area contributed by atoms with Gasteiger partial charge < -0.3 is 14.7 Å². The van der Waals surface area contributed by atoms with E-state index in [9.17, 15) is 4.79 Å². The number of benzene rings is 1. The van der Waals surface area contributed by atoms with Crippen LogP contribution in [0.3, 0.4) is 0 Å². The number of rotatable bonds is 5. The van der Waals surface area contributed by atoms with Crippen LogP contribution in [0.4, 0.5) is 11.5 Å². The molecule has 0 aliphatic carbocycles. The van der Waals surface area contributed by atoms with Crippen LogP contribution in [0.2, 0.25) is 0 Å². The lowest BCUT2D eigenvalue weighted by Crippen LogP contribution is -2.47. The van der Waals surface area contributed by atoms with Crippen LogP contribution in [0.1, 0.15) is 35.5 Å². The van der Waals surface area contributed by atoms with Crippen molar-refractivity contribution in [1.29, 1.82) is 0 Å². The molecule has 2 aromatic rings. The van der Waals surface area contributed by atoms with Crippen molar-refractivity contribution in [2.45, 2.75) is 27.7 Å². The van der Waals surface area contributed by atoms with Crippen molar-refractivity contribution in [1.82, 2.24) is 14.9 Å². The molecule has 1 amide bonds. The maximum absolute atomic E-state index is 12.4. The van der Waals surface area contributed by atoms with Gasteiger partial charge in [-0.2, -0.15) is 0 Å². The summed E-state index contributed by atoms with van der Waals surface area (Å²) in [7, 11) is 0. The minimum absolute atomic E-state index is 0.0567. The molecule has 1 aliphatic rings. The number of aryl methyl sites for hydroxylation is 1. The molecular weight excluding hydrogens is 338 g/mol. The Kier molecular flexibility index (Phi) is 5.94. The van der Waals surface area contributed by atoms with Crippen molar-refractivity contribution >= 4 is 17.4 Å². The van der Waals surface area contributed by atoms with Gasteiger partial charge in [0.15, 0.2) is 0 Å². The van der Waals surface area contributed by atoms with Crippen LogP contribution in [0, 0.1) is 13.8 Å². The molecule has 1 aromatic heterocycles. The normalized spacial score (nSPS) is 14.4. The summed E-state index contributed by atoms with van der Waals surface area (Å²) in [6, 6.07) is 6.48. The van der Waals surface area contributed by atoms with E-state index in [4.69, 9.17) is 0 Å². The van der Waals surface area contributed by atoms with E-state index in [1.165, 1.54) is 16.8 Å². The quantitative estimate of drug-likeness (QED) is 0.813. The zero-order valence-corrected chi connectivity index (χ0v) is 16.8. The van der Waals surface area contributed by atoms with E-state index in [-0.39, 0.29) is 5.91 Å². The number of anilines is 2. The predicted molar refractivity (Wildman–Crippen MR) is 110 cm³/mol. The summed E-state index contributed by atoms with van der Waals surface area (Å²) >= 11 is 0. The van der Waals surface area contributed by atoms with E-state index < -0.39 is 0 Å². The van der Waals surface area contributed by atoms with Crippen molar-refractivity contribution in [2.75, 3.05) is 49.1 Å². The number of amides is 1. The van der Waals surface area contributed by atoms with Crippen LogP contribution in [-0.2, 0) is 0 Å². The summed E-state index contributed by atoms with van der Waals surface area (Å²) in [5, 5.41) is 0. The molecule has 1 saturated heterocycles. The van der Waals surface area contributed by atoms with E-state index in [0.29, 0.717) is 18.8 Å². The van der Waals surface area contributed by atoms with Crippen molar-refractivity contribution in [3.63, 3.8) is 0 Å². The highest BCUT2D eigenvalue weighted by Crippen LogP contribution is 2.24. The molecule has 0 bridgehead atoms. The summed E-state index contributed by atoms with van der Waals surface area (Å²) in [4.78, 5) is 27.7. The first-order chi connectivity index (χ1) is 13.0. The van der Waals surface area contributed by atoms with E-state index in [2.05, 4.69) is 51.8 Å². The zero-order chi connectivity index (χ0) is 19.4. The third-order valence-corrected chi connectivity index (χ3v) is 5.43. The molecule has 1 aromatic carbocycles. The fraction of sp³-hybridized carbons (Fsp3) is 0.476.